The Kier molecular flexibility index (Phi) is 48.0. The van der Waals surface area contributed by atoms with Crippen molar-refractivity contribution in [2.45, 2.75) is 244 Å². The molecule has 1 amide bonds. The van der Waals surface area contributed by atoms with Crippen LogP contribution >= 0.6 is 7.82 Å². The average Bonchev–Trinajstić information content (AvgIpc) is 3.30. The highest BCUT2D eigenvalue weighted by Crippen LogP contribution is 2.43. The normalized spacial score (nSPS) is 14.6. The molecule has 0 aliphatic heterocycles. The van der Waals surface area contributed by atoms with Crippen molar-refractivity contribution in [1.29, 1.82) is 0 Å². The first kappa shape index (κ1) is 65.7. The molecule has 0 saturated heterocycles. The Morgan fingerprint density at radius 1 is 0.515 bits per heavy atom. The first-order chi connectivity index (χ1) is 33.0. The van der Waals surface area contributed by atoms with E-state index in [1.807, 2.05) is 27.2 Å². The molecule has 8 nitrogen and oxygen atoms in total. The molecule has 0 saturated carbocycles. The molecule has 0 bridgehead atoms. The van der Waals surface area contributed by atoms with Crippen LogP contribution in [0.25, 0.3) is 0 Å². The van der Waals surface area contributed by atoms with Gasteiger partial charge in [0, 0.05) is 6.42 Å². The van der Waals surface area contributed by atoms with Crippen LogP contribution in [0.4, 0.5) is 0 Å². The monoisotopic (exact) mass is 972 g/mol. The number of nitrogens with zero attached hydrogens (tertiary/aromatic N) is 1. The fourth-order valence-electron chi connectivity index (χ4n) is 7.72. The molecule has 0 aromatic carbocycles. The van der Waals surface area contributed by atoms with E-state index >= 15 is 0 Å². The molecule has 0 fully saturated rings. The Morgan fingerprint density at radius 3 is 1.34 bits per heavy atom. The number of hydrogen-bond acceptors (Lipinski definition) is 5. The van der Waals surface area contributed by atoms with Crippen molar-refractivity contribution in [3.05, 3.63) is 85.1 Å². The maximum atomic E-state index is 12.9. The zero-order valence-electron chi connectivity index (χ0n) is 44.8. The van der Waals surface area contributed by atoms with Crippen molar-refractivity contribution < 1.29 is 32.9 Å². The van der Waals surface area contributed by atoms with Crippen LogP contribution in [0.1, 0.15) is 232 Å². The van der Waals surface area contributed by atoms with E-state index in [-0.39, 0.29) is 19.1 Å². The highest BCUT2D eigenvalue weighted by molar-refractivity contribution is 7.47. The van der Waals surface area contributed by atoms with Gasteiger partial charge in [-0.15, -0.1) is 0 Å². The number of carbonyl (C=O) groups is 1. The van der Waals surface area contributed by atoms with Crippen LogP contribution in [-0.4, -0.2) is 73.4 Å². The summed E-state index contributed by atoms with van der Waals surface area (Å²) in [5.74, 6) is -0.193. The number of amides is 1. The van der Waals surface area contributed by atoms with Gasteiger partial charge in [-0.25, -0.2) is 4.57 Å². The van der Waals surface area contributed by atoms with Crippen LogP contribution in [0.2, 0.25) is 0 Å². The maximum Gasteiger partial charge on any atom is 0.472 e. The van der Waals surface area contributed by atoms with Gasteiger partial charge in [0.15, 0.2) is 0 Å². The molecular weight excluding hydrogens is 864 g/mol. The van der Waals surface area contributed by atoms with E-state index in [1.165, 1.54) is 135 Å². The van der Waals surface area contributed by atoms with E-state index in [2.05, 4.69) is 92.1 Å². The molecule has 0 aromatic rings. The summed E-state index contributed by atoms with van der Waals surface area (Å²) >= 11 is 0. The lowest BCUT2D eigenvalue weighted by molar-refractivity contribution is -0.870. The van der Waals surface area contributed by atoms with Crippen LogP contribution in [0, 0.1) is 0 Å². The van der Waals surface area contributed by atoms with Crippen molar-refractivity contribution in [3.8, 4) is 0 Å². The van der Waals surface area contributed by atoms with Gasteiger partial charge in [-0.05, 0) is 77.0 Å². The fourth-order valence-corrected chi connectivity index (χ4v) is 8.46. The fraction of sp³-hybridized carbons (Fsp3) is 0.746. The Labute approximate surface area is 420 Å². The first-order valence-corrected chi connectivity index (χ1v) is 29.5. The molecule has 68 heavy (non-hydrogen) atoms. The van der Waals surface area contributed by atoms with Crippen molar-refractivity contribution in [1.82, 2.24) is 5.32 Å². The Hall–Kier alpha value is -2.32. The van der Waals surface area contributed by atoms with Gasteiger partial charge < -0.3 is 19.8 Å². The van der Waals surface area contributed by atoms with Crippen molar-refractivity contribution >= 4 is 13.7 Å². The smallest absolute Gasteiger partial charge is 0.387 e. The van der Waals surface area contributed by atoms with E-state index in [0.717, 1.165) is 77.0 Å². The summed E-state index contributed by atoms with van der Waals surface area (Å²) in [6.45, 7) is 4.59. The summed E-state index contributed by atoms with van der Waals surface area (Å²) in [5.41, 5.74) is 0. The lowest BCUT2D eigenvalue weighted by atomic mass is 10.0. The first-order valence-electron chi connectivity index (χ1n) is 28.0. The quantitative estimate of drug-likeness (QED) is 0.0243. The van der Waals surface area contributed by atoms with E-state index in [1.54, 1.807) is 6.08 Å². The van der Waals surface area contributed by atoms with E-state index in [0.29, 0.717) is 17.4 Å². The van der Waals surface area contributed by atoms with Crippen LogP contribution in [-0.2, 0) is 18.4 Å². The van der Waals surface area contributed by atoms with Gasteiger partial charge in [0.05, 0.1) is 39.9 Å². The molecule has 3 atom stereocenters. The minimum atomic E-state index is -4.35. The van der Waals surface area contributed by atoms with Crippen LogP contribution in [0.5, 0.6) is 0 Å². The summed E-state index contributed by atoms with van der Waals surface area (Å²) < 4.78 is 23.6. The largest absolute Gasteiger partial charge is 0.472 e. The number of quaternary nitrogens is 1. The number of phosphoric acid groups is 1. The number of phosphoric ester groups is 1. The van der Waals surface area contributed by atoms with Gasteiger partial charge in [-0.1, -0.05) is 234 Å². The number of allylic oxidation sites excluding steroid dienone is 13. The molecule has 3 N–H and O–H groups in total. The topological polar surface area (TPSA) is 105 Å². The second-order valence-electron chi connectivity index (χ2n) is 19.9. The number of aliphatic hydroxyl groups excluding tert-OH is 1. The maximum absolute atomic E-state index is 12.9. The third-order valence-electron chi connectivity index (χ3n) is 12.1. The SMILES string of the molecule is CC/C=C\C/C=C\C/C=C\C/C=C\CCCCCCCCCCCCCCCCCCCCCCCCC(=O)NC(COP(=O)(O)OCC[N+](C)(C)C)C(O)/C=C/CC/C=C/CC/C=C/CCC. The van der Waals surface area contributed by atoms with Gasteiger partial charge in [0.1, 0.15) is 13.2 Å². The second kappa shape index (κ2) is 49.7. The number of nitrogens with one attached hydrogen (secondary N) is 1. The van der Waals surface area contributed by atoms with E-state index < -0.39 is 20.0 Å². The zero-order chi connectivity index (χ0) is 49.9. The number of aliphatic hydroxyl groups is 1. The van der Waals surface area contributed by atoms with Crippen molar-refractivity contribution in [3.63, 3.8) is 0 Å². The molecule has 0 rings (SSSR count). The van der Waals surface area contributed by atoms with Gasteiger partial charge in [0.2, 0.25) is 5.91 Å². The van der Waals surface area contributed by atoms with Crippen LogP contribution < -0.4 is 5.32 Å². The van der Waals surface area contributed by atoms with E-state index in [4.69, 9.17) is 9.05 Å². The molecule has 0 heterocycles. The highest BCUT2D eigenvalue weighted by Gasteiger charge is 2.27. The van der Waals surface area contributed by atoms with Crippen LogP contribution in [0.3, 0.4) is 0 Å². The van der Waals surface area contributed by atoms with Gasteiger partial charge >= 0.3 is 7.82 Å². The predicted octanol–water partition coefficient (Wildman–Crippen LogP) is 16.9. The molecule has 0 aromatic heterocycles. The number of carbonyl (C=O) groups excluding carboxylic acids is 1. The van der Waals surface area contributed by atoms with Crippen LogP contribution in [0.15, 0.2) is 85.1 Å². The summed E-state index contributed by atoms with van der Waals surface area (Å²) in [4.78, 5) is 23.2. The number of likely N-dealkylation sites (N-methyl/N-ethyl adjacent to an activating group) is 1. The third-order valence-corrected chi connectivity index (χ3v) is 13.0. The van der Waals surface area contributed by atoms with E-state index in [9.17, 15) is 19.4 Å². The van der Waals surface area contributed by atoms with Gasteiger partial charge in [-0.3, -0.25) is 13.8 Å². The summed E-state index contributed by atoms with van der Waals surface area (Å²) in [6.07, 6.45) is 70.0. The Balaban J connectivity index is 3.96. The van der Waals surface area contributed by atoms with Crippen molar-refractivity contribution in [2.75, 3.05) is 40.9 Å². The van der Waals surface area contributed by atoms with Gasteiger partial charge in [0.25, 0.3) is 0 Å². The Bertz CT molecular complexity index is 1380. The zero-order valence-corrected chi connectivity index (χ0v) is 45.7. The second-order valence-corrected chi connectivity index (χ2v) is 21.4. The number of unbranched alkanes of at least 4 members (excludes halogenated alkanes) is 25. The average molecular weight is 972 g/mol. The molecule has 9 heteroatoms. The lowest BCUT2D eigenvalue weighted by Crippen LogP contribution is -2.45. The summed E-state index contributed by atoms with van der Waals surface area (Å²) in [5, 5.41) is 13.8. The minimum Gasteiger partial charge on any atom is -0.387 e. The highest BCUT2D eigenvalue weighted by atomic mass is 31.2. The van der Waals surface area contributed by atoms with Crippen molar-refractivity contribution in [2.24, 2.45) is 0 Å². The molecule has 0 aliphatic carbocycles. The lowest BCUT2D eigenvalue weighted by Gasteiger charge is -2.25. The third kappa shape index (κ3) is 51.5. The summed E-state index contributed by atoms with van der Waals surface area (Å²) in [7, 11) is 1.54. The minimum absolute atomic E-state index is 0.0518. The molecule has 394 valence electrons. The molecule has 0 radical (unpaired) electrons. The molecule has 0 spiro atoms. The molecular formula is C59H108N2O6P+. The number of rotatable bonds is 50. The molecule has 3 unspecified atom stereocenters. The Morgan fingerprint density at radius 2 is 0.897 bits per heavy atom. The summed E-state index contributed by atoms with van der Waals surface area (Å²) in [6, 6.07) is -0.870. The van der Waals surface area contributed by atoms with Gasteiger partial charge in [-0.2, -0.15) is 0 Å². The molecule has 0 aliphatic rings. The predicted molar refractivity (Wildman–Crippen MR) is 295 cm³/mol. The standard InChI is InChI=1S/C59H107N2O6P/c1-6-8-10-12-14-16-18-19-20-21-22-23-24-25-26-27-28-29-30-31-32-33-34-35-36-37-38-39-40-41-43-45-47-49-51-53-59(63)60-57(56-67-68(64,65)66-55-54-61(3,4)5)58(62)52-50-48-46-44-42-17-15-13-11-9-7-2/h8,10-11,13-14,16,19-20,22-23,42,44,50,52,57-58,62H,6-7,9,12,15,17-18,21,24-41,43,45-49,51,53-56H2,1-5H3,(H-,60,63,64,65)/p+1/b10-8-,13-11+,16-14-,20-19-,23-22-,44-42+,52-50+. The number of hydrogen-bond donors (Lipinski definition) is 3.